The Labute approximate surface area is 180 Å². The second kappa shape index (κ2) is 11.4. The molecule has 4 heteroatoms. The first-order valence-corrected chi connectivity index (χ1v) is 10.7. The number of aryl methyl sites for hydroxylation is 1. The maximum Gasteiger partial charge on any atom is 0.410 e. The summed E-state index contributed by atoms with van der Waals surface area (Å²) in [4.78, 5) is 17.0. The molecule has 1 saturated heterocycles. The van der Waals surface area contributed by atoms with E-state index in [1.807, 2.05) is 42.2 Å². The van der Waals surface area contributed by atoms with Crippen molar-refractivity contribution in [3.8, 4) is 0 Å². The van der Waals surface area contributed by atoms with Crippen LogP contribution in [-0.2, 0) is 11.3 Å². The largest absolute Gasteiger partial charge is 0.445 e. The predicted molar refractivity (Wildman–Crippen MR) is 123 cm³/mol. The van der Waals surface area contributed by atoms with Crippen molar-refractivity contribution in [2.24, 2.45) is 0 Å². The lowest BCUT2D eigenvalue weighted by Gasteiger charge is -2.37. The van der Waals surface area contributed by atoms with Crippen LogP contribution in [0.1, 0.15) is 29.5 Å². The summed E-state index contributed by atoms with van der Waals surface area (Å²) in [7, 11) is 0. The van der Waals surface area contributed by atoms with E-state index in [1.165, 1.54) is 11.1 Å². The maximum absolute atomic E-state index is 12.7. The third-order valence-electron chi connectivity index (χ3n) is 5.51. The van der Waals surface area contributed by atoms with Gasteiger partial charge in [0.15, 0.2) is 0 Å². The van der Waals surface area contributed by atoms with Gasteiger partial charge in [-0.3, -0.25) is 4.90 Å². The Bertz CT molecular complexity index is 822. The first-order chi connectivity index (χ1) is 14.7. The van der Waals surface area contributed by atoms with Crippen LogP contribution in [0.4, 0.5) is 4.79 Å². The average Bonchev–Trinajstić information content (AvgIpc) is 2.78. The quantitative estimate of drug-likeness (QED) is 0.560. The summed E-state index contributed by atoms with van der Waals surface area (Å²) < 4.78 is 5.59. The predicted octanol–water partition coefficient (Wildman–Crippen LogP) is 5.30. The normalized spacial score (nSPS) is 15.2. The molecule has 1 aliphatic heterocycles. The highest BCUT2D eigenvalue weighted by Crippen LogP contribution is 2.18. The van der Waals surface area contributed by atoms with E-state index in [1.54, 1.807) is 6.08 Å². The van der Waals surface area contributed by atoms with Crippen LogP contribution in [0.3, 0.4) is 0 Å². The molecular weight excluding hydrogens is 372 g/mol. The van der Waals surface area contributed by atoms with Crippen molar-refractivity contribution in [3.05, 3.63) is 90.0 Å². The fourth-order valence-corrected chi connectivity index (χ4v) is 3.74. The minimum Gasteiger partial charge on any atom is -0.445 e. The van der Waals surface area contributed by atoms with Gasteiger partial charge in [-0.05, 0) is 30.9 Å². The molecule has 0 saturated carbocycles. The van der Waals surface area contributed by atoms with Crippen molar-refractivity contribution in [1.82, 2.24) is 9.80 Å². The minimum atomic E-state index is -0.252. The second-order valence-electron chi connectivity index (χ2n) is 7.83. The summed E-state index contributed by atoms with van der Waals surface area (Å²) >= 11 is 0. The highest BCUT2D eigenvalue weighted by atomic mass is 16.6. The maximum atomic E-state index is 12.7. The Morgan fingerprint density at radius 2 is 1.83 bits per heavy atom. The monoisotopic (exact) mass is 404 g/mol. The van der Waals surface area contributed by atoms with Gasteiger partial charge >= 0.3 is 6.09 Å². The van der Waals surface area contributed by atoms with Crippen molar-refractivity contribution in [2.45, 2.75) is 32.4 Å². The zero-order chi connectivity index (χ0) is 21.2. The van der Waals surface area contributed by atoms with Gasteiger partial charge in [-0.2, -0.15) is 0 Å². The molecule has 1 aliphatic rings. The highest BCUT2D eigenvalue weighted by molar-refractivity contribution is 5.68. The van der Waals surface area contributed by atoms with Crippen molar-refractivity contribution in [2.75, 3.05) is 26.2 Å². The van der Waals surface area contributed by atoms with E-state index in [0.717, 1.165) is 38.0 Å². The second-order valence-corrected chi connectivity index (χ2v) is 7.83. The molecule has 1 amide bonds. The van der Waals surface area contributed by atoms with E-state index in [2.05, 4.69) is 47.9 Å². The number of nitrogens with zero attached hydrogens (tertiary/aromatic N) is 2. The molecule has 4 nitrogen and oxygen atoms in total. The van der Waals surface area contributed by atoms with E-state index < -0.39 is 0 Å². The molecule has 0 unspecified atom stereocenters. The molecule has 2 aromatic carbocycles. The topological polar surface area (TPSA) is 32.8 Å². The van der Waals surface area contributed by atoms with Crippen molar-refractivity contribution in [1.29, 1.82) is 0 Å². The zero-order valence-corrected chi connectivity index (χ0v) is 17.9. The van der Waals surface area contributed by atoms with Crippen LogP contribution in [0.5, 0.6) is 0 Å². The number of hydrogen-bond acceptors (Lipinski definition) is 3. The summed E-state index contributed by atoms with van der Waals surface area (Å²) in [6.07, 6.45) is 7.81. The van der Waals surface area contributed by atoms with Crippen molar-refractivity contribution >= 4 is 12.2 Å². The van der Waals surface area contributed by atoms with Gasteiger partial charge in [0.05, 0.1) is 0 Å². The van der Waals surface area contributed by atoms with E-state index in [0.29, 0.717) is 13.2 Å². The molecule has 0 spiro atoms. The molecule has 0 bridgehead atoms. The van der Waals surface area contributed by atoms with E-state index >= 15 is 0 Å². The average molecular weight is 405 g/mol. The van der Waals surface area contributed by atoms with E-state index in [-0.39, 0.29) is 12.1 Å². The van der Waals surface area contributed by atoms with Gasteiger partial charge < -0.3 is 9.64 Å². The number of likely N-dealkylation sites (tertiary alicyclic amines) is 1. The van der Waals surface area contributed by atoms with Gasteiger partial charge in [0, 0.05) is 32.2 Å². The molecular formula is C26H32N2O2. The molecule has 2 aromatic rings. The van der Waals surface area contributed by atoms with Crippen LogP contribution in [-0.4, -0.2) is 48.1 Å². The summed E-state index contributed by atoms with van der Waals surface area (Å²) in [5.41, 5.74) is 3.43. The Kier molecular flexibility index (Phi) is 8.28. The van der Waals surface area contributed by atoms with Crippen LogP contribution < -0.4 is 0 Å². The molecule has 0 N–H and O–H groups in total. The molecule has 0 aliphatic carbocycles. The number of hydrogen-bond donors (Lipinski definition) is 0. The molecule has 3 rings (SSSR count). The fourth-order valence-electron chi connectivity index (χ4n) is 3.74. The van der Waals surface area contributed by atoms with Crippen LogP contribution >= 0.6 is 0 Å². The first-order valence-electron chi connectivity index (χ1n) is 10.7. The van der Waals surface area contributed by atoms with Gasteiger partial charge in [-0.1, -0.05) is 78.4 Å². The van der Waals surface area contributed by atoms with Crippen LogP contribution in [0.2, 0.25) is 0 Å². The lowest BCUT2D eigenvalue weighted by Crippen LogP contribution is -2.47. The molecule has 0 atom stereocenters. The molecule has 0 radical (unpaired) electrons. The molecule has 158 valence electrons. The minimum absolute atomic E-state index is 0.197. The van der Waals surface area contributed by atoms with Gasteiger partial charge in [0.1, 0.15) is 6.61 Å². The number of amides is 1. The number of ether oxygens (including phenoxy) is 1. The van der Waals surface area contributed by atoms with Crippen molar-refractivity contribution in [3.63, 3.8) is 0 Å². The Balaban J connectivity index is 1.47. The first kappa shape index (κ1) is 21.8. The smallest absolute Gasteiger partial charge is 0.410 e. The van der Waals surface area contributed by atoms with Crippen LogP contribution in [0.25, 0.3) is 6.08 Å². The third kappa shape index (κ3) is 6.60. The van der Waals surface area contributed by atoms with Gasteiger partial charge in [-0.25, -0.2) is 4.79 Å². The SMILES string of the molecule is C=CCN(C(=O)OCc1ccc(C)cc1)C1CCN(C/C=C/c2ccccc2)CC1. The lowest BCUT2D eigenvalue weighted by molar-refractivity contribution is 0.0676. The Morgan fingerprint density at radius 3 is 2.50 bits per heavy atom. The standard InChI is InChI=1S/C26H32N2O2/c1-3-17-28(26(29)30-21-24-13-11-22(2)12-14-24)25-15-19-27(20-16-25)18-7-10-23-8-5-4-6-9-23/h3-14,25H,1,15-21H2,2H3/b10-7+. The van der Waals surface area contributed by atoms with E-state index in [9.17, 15) is 4.79 Å². The van der Waals surface area contributed by atoms with Crippen LogP contribution in [0.15, 0.2) is 73.3 Å². The number of carbonyl (C=O) groups is 1. The van der Waals surface area contributed by atoms with Crippen molar-refractivity contribution < 1.29 is 9.53 Å². The third-order valence-corrected chi connectivity index (χ3v) is 5.51. The zero-order valence-electron chi connectivity index (χ0n) is 17.9. The highest BCUT2D eigenvalue weighted by Gasteiger charge is 2.27. The Morgan fingerprint density at radius 1 is 1.13 bits per heavy atom. The lowest BCUT2D eigenvalue weighted by atomic mass is 10.0. The molecule has 1 fully saturated rings. The van der Waals surface area contributed by atoms with Gasteiger partial charge in [0.2, 0.25) is 0 Å². The summed E-state index contributed by atoms with van der Waals surface area (Å²) in [5.74, 6) is 0. The summed E-state index contributed by atoms with van der Waals surface area (Å²) in [6, 6.07) is 18.6. The van der Waals surface area contributed by atoms with Gasteiger partial charge in [-0.15, -0.1) is 6.58 Å². The summed E-state index contributed by atoms with van der Waals surface area (Å²) in [5, 5.41) is 0. The Hall–Kier alpha value is -2.85. The van der Waals surface area contributed by atoms with Crippen LogP contribution in [0, 0.1) is 6.92 Å². The summed E-state index contributed by atoms with van der Waals surface area (Å²) in [6.45, 7) is 9.57. The molecule has 0 aromatic heterocycles. The number of carbonyl (C=O) groups excluding carboxylic acids is 1. The number of piperidine rings is 1. The molecule has 1 heterocycles. The molecule has 30 heavy (non-hydrogen) atoms. The van der Waals surface area contributed by atoms with E-state index in [4.69, 9.17) is 4.74 Å². The number of rotatable bonds is 8. The fraction of sp³-hybridized carbons (Fsp3) is 0.346. The van der Waals surface area contributed by atoms with Gasteiger partial charge in [0.25, 0.3) is 0 Å². The number of benzene rings is 2.